The zero-order valence-electron chi connectivity index (χ0n) is 16.6. The van der Waals surface area contributed by atoms with Crippen molar-refractivity contribution >= 4 is 11.9 Å². The molecule has 0 atom stereocenters. The molecule has 2 aromatic carbocycles. The number of nitrogens with zero attached hydrogens (tertiary/aromatic N) is 4. The predicted molar refractivity (Wildman–Crippen MR) is 111 cm³/mol. The minimum absolute atomic E-state index is 0.00163. The summed E-state index contributed by atoms with van der Waals surface area (Å²) in [7, 11) is 3.24. The van der Waals surface area contributed by atoms with E-state index in [0.717, 1.165) is 17.4 Å². The number of hydrogen-bond acceptors (Lipinski definition) is 5. The first kappa shape index (κ1) is 18.9. The van der Waals surface area contributed by atoms with Crippen molar-refractivity contribution in [2.24, 2.45) is 0 Å². The van der Waals surface area contributed by atoms with Crippen molar-refractivity contribution in [1.82, 2.24) is 14.5 Å². The molecule has 0 saturated carbocycles. The van der Waals surface area contributed by atoms with Gasteiger partial charge in [0.2, 0.25) is 5.95 Å². The first-order chi connectivity index (χ1) is 14.2. The number of aromatic nitrogens is 2. The Kier molecular flexibility index (Phi) is 5.37. The van der Waals surface area contributed by atoms with E-state index in [9.17, 15) is 4.79 Å². The van der Waals surface area contributed by atoms with E-state index in [2.05, 4.69) is 9.88 Å². The molecule has 1 aromatic heterocycles. The van der Waals surface area contributed by atoms with Crippen LogP contribution in [0.5, 0.6) is 11.5 Å². The fourth-order valence-corrected chi connectivity index (χ4v) is 3.59. The van der Waals surface area contributed by atoms with Crippen LogP contribution in [0.3, 0.4) is 0 Å². The lowest BCUT2D eigenvalue weighted by atomic mass is 10.1. The molecule has 7 heteroatoms. The number of imidazole rings is 1. The summed E-state index contributed by atoms with van der Waals surface area (Å²) >= 11 is 0. The van der Waals surface area contributed by atoms with E-state index in [4.69, 9.17) is 9.47 Å². The number of carbonyl (C=O) groups is 1. The SMILES string of the molecule is COc1cccc(-n2ccnc2N2CCN(C(=O)c3ccccc3OC)CC2)c1. The number of benzene rings is 2. The Morgan fingerprint density at radius 3 is 2.52 bits per heavy atom. The van der Waals surface area contributed by atoms with E-state index < -0.39 is 0 Å². The molecule has 0 aliphatic carbocycles. The fraction of sp³-hybridized carbons (Fsp3) is 0.273. The van der Waals surface area contributed by atoms with Crippen LogP contribution in [0.15, 0.2) is 60.9 Å². The molecule has 1 aliphatic heterocycles. The zero-order valence-corrected chi connectivity index (χ0v) is 16.6. The minimum atomic E-state index is -0.00163. The van der Waals surface area contributed by atoms with Crippen LogP contribution in [0, 0.1) is 0 Å². The van der Waals surface area contributed by atoms with E-state index >= 15 is 0 Å². The minimum Gasteiger partial charge on any atom is -0.497 e. The van der Waals surface area contributed by atoms with Crippen molar-refractivity contribution in [3.63, 3.8) is 0 Å². The summed E-state index contributed by atoms with van der Waals surface area (Å²) in [6, 6.07) is 15.2. The van der Waals surface area contributed by atoms with E-state index in [-0.39, 0.29) is 5.91 Å². The van der Waals surface area contributed by atoms with Crippen molar-refractivity contribution in [3.8, 4) is 17.2 Å². The van der Waals surface area contributed by atoms with E-state index in [1.165, 1.54) is 0 Å². The highest BCUT2D eigenvalue weighted by Crippen LogP contribution is 2.24. The molecule has 1 amide bonds. The molecule has 1 fully saturated rings. The standard InChI is InChI=1S/C22H24N4O3/c1-28-18-7-5-6-17(16-18)26-11-10-23-22(26)25-14-12-24(13-15-25)21(27)19-8-3-4-9-20(19)29-2/h3-11,16H,12-15H2,1-2H3. The third-order valence-corrected chi connectivity index (χ3v) is 5.14. The fourth-order valence-electron chi connectivity index (χ4n) is 3.59. The van der Waals surface area contributed by atoms with Crippen molar-refractivity contribution in [3.05, 3.63) is 66.5 Å². The number of piperazine rings is 1. The molecule has 3 aromatic rings. The van der Waals surface area contributed by atoms with Crippen LogP contribution in [0.25, 0.3) is 5.69 Å². The van der Waals surface area contributed by atoms with Crippen molar-refractivity contribution in [2.75, 3.05) is 45.3 Å². The molecule has 0 unspecified atom stereocenters. The lowest BCUT2D eigenvalue weighted by Gasteiger charge is -2.35. The number of rotatable bonds is 5. The van der Waals surface area contributed by atoms with Gasteiger partial charge in [-0.25, -0.2) is 4.98 Å². The van der Waals surface area contributed by atoms with Gasteiger partial charge in [-0.15, -0.1) is 0 Å². The Morgan fingerprint density at radius 1 is 0.966 bits per heavy atom. The maximum absolute atomic E-state index is 12.9. The van der Waals surface area contributed by atoms with Crippen molar-refractivity contribution in [1.29, 1.82) is 0 Å². The van der Waals surface area contributed by atoms with E-state index in [0.29, 0.717) is 37.5 Å². The van der Waals surface area contributed by atoms with Gasteiger partial charge in [0.1, 0.15) is 11.5 Å². The third kappa shape index (κ3) is 3.76. The monoisotopic (exact) mass is 392 g/mol. The Morgan fingerprint density at radius 2 is 1.76 bits per heavy atom. The second-order valence-electron chi connectivity index (χ2n) is 6.78. The molecule has 150 valence electrons. The number of para-hydroxylation sites is 1. The molecule has 7 nitrogen and oxygen atoms in total. The molecule has 0 N–H and O–H groups in total. The van der Waals surface area contributed by atoms with E-state index in [1.54, 1.807) is 20.4 Å². The second-order valence-corrected chi connectivity index (χ2v) is 6.78. The van der Waals surface area contributed by atoms with E-state index in [1.807, 2.05) is 64.2 Å². The summed E-state index contributed by atoms with van der Waals surface area (Å²) in [6.07, 6.45) is 3.73. The Hall–Kier alpha value is -3.48. The van der Waals surface area contributed by atoms with Crippen LogP contribution in [-0.4, -0.2) is 60.8 Å². The maximum atomic E-state index is 12.9. The zero-order chi connectivity index (χ0) is 20.2. The van der Waals surface area contributed by atoms with Crippen LogP contribution in [-0.2, 0) is 0 Å². The molecule has 1 saturated heterocycles. The summed E-state index contributed by atoms with van der Waals surface area (Å²) in [5.41, 5.74) is 1.59. The molecule has 0 radical (unpaired) electrons. The Bertz CT molecular complexity index is 993. The number of carbonyl (C=O) groups excluding carboxylic acids is 1. The van der Waals surface area contributed by atoms with Gasteiger partial charge in [0.05, 0.1) is 25.5 Å². The van der Waals surface area contributed by atoms with Crippen LogP contribution >= 0.6 is 0 Å². The molecule has 0 bridgehead atoms. The van der Waals surface area contributed by atoms with Gasteiger partial charge in [0.15, 0.2) is 0 Å². The van der Waals surface area contributed by atoms with Crippen LogP contribution in [0.4, 0.5) is 5.95 Å². The van der Waals surface area contributed by atoms with Gasteiger partial charge in [0, 0.05) is 44.6 Å². The lowest BCUT2D eigenvalue weighted by molar-refractivity contribution is 0.0743. The smallest absolute Gasteiger partial charge is 0.257 e. The van der Waals surface area contributed by atoms with Gasteiger partial charge in [-0.3, -0.25) is 9.36 Å². The highest BCUT2D eigenvalue weighted by Gasteiger charge is 2.26. The van der Waals surface area contributed by atoms with Crippen LogP contribution in [0.1, 0.15) is 10.4 Å². The molecule has 29 heavy (non-hydrogen) atoms. The van der Waals surface area contributed by atoms with Gasteiger partial charge < -0.3 is 19.3 Å². The Balaban J connectivity index is 1.48. The predicted octanol–water partition coefficient (Wildman–Crippen LogP) is 2.85. The summed E-state index contributed by atoms with van der Waals surface area (Å²) in [5.74, 6) is 2.27. The highest BCUT2D eigenvalue weighted by atomic mass is 16.5. The molecular weight excluding hydrogens is 368 g/mol. The van der Waals surface area contributed by atoms with Crippen molar-refractivity contribution in [2.45, 2.75) is 0 Å². The largest absolute Gasteiger partial charge is 0.497 e. The summed E-state index contributed by atoms with van der Waals surface area (Å²) in [5, 5.41) is 0. The number of anilines is 1. The van der Waals surface area contributed by atoms with Gasteiger partial charge in [0.25, 0.3) is 5.91 Å². The normalized spacial score (nSPS) is 14.0. The summed E-state index contributed by atoms with van der Waals surface area (Å²) in [6.45, 7) is 2.67. The first-order valence-corrected chi connectivity index (χ1v) is 9.56. The molecule has 0 spiro atoms. The lowest BCUT2D eigenvalue weighted by Crippen LogP contribution is -2.49. The first-order valence-electron chi connectivity index (χ1n) is 9.56. The highest BCUT2D eigenvalue weighted by molar-refractivity contribution is 5.97. The maximum Gasteiger partial charge on any atom is 0.257 e. The molecule has 4 rings (SSSR count). The average Bonchev–Trinajstić information content (AvgIpc) is 3.28. The quantitative estimate of drug-likeness (QED) is 0.668. The van der Waals surface area contributed by atoms with Crippen LogP contribution < -0.4 is 14.4 Å². The van der Waals surface area contributed by atoms with Crippen molar-refractivity contribution < 1.29 is 14.3 Å². The van der Waals surface area contributed by atoms with Gasteiger partial charge in [-0.2, -0.15) is 0 Å². The molecule has 2 heterocycles. The summed E-state index contributed by atoms with van der Waals surface area (Å²) in [4.78, 5) is 21.5. The summed E-state index contributed by atoms with van der Waals surface area (Å²) < 4.78 is 12.7. The number of hydrogen-bond donors (Lipinski definition) is 0. The topological polar surface area (TPSA) is 59.8 Å². The molecule has 1 aliphatic rings. The second kappa shape index (κ2) is 8.26. The number of methoxy groups -OCH3 is 2. The Labute approximate surface area is 170 Å². The number of ether oxygens (including phenoxy) is 2. The van der Waals surface area contributed by atoms with Crippen LogP contribution in [0.2, 0.25) is 0 Å². The van der Waals surface area contributed by atoms with Gasteiger partial charge in [-0.05, 0) is 24.3 Å². The van der Waals surface area contributed by atoms with Gasteiger partial charge in [-0.1, -0.05) is 18.2 Å². The van der Waals surface area contributed by atoms with Gasteiger partial charge >= 0.3 is 0 Å². The average molecular weight is 392 g/mol. The molecular formula is C22H24N4O3. The number of amides is 1. The third-order valence-electron chi connectivity index (χ3n) is 5.14.